The minimum Gasteiger partial charge on any atom is -0.477 e. The number of aromatic carboxylic acids is 1. The second-order valence-corrected chi connectivity index (χ2v) is 8.89. The maximum atomic E-state index is 14.6. The lowest BCUT2D eigenvalue weighted by Gasteiger charge is -2.16. The Balaban J connectivity index is 1.78. The van der Waals surface area contributed by atoms with Gasteiger partial charge in [-0.3, -0.25) is 0 Å². The summed E-state index contributed by atoms with van der Waals surface area (Å²) in [5, 5.41) is 12.1. The first-order valence-electron chi connectivity index (χ1n) is 11.0. The van der Waals surface area contributed by atoms with Crippen molar-refractivity contribution in [3.05, 3.63) is 77.0 Å². The van der Waals surface area contributed by atoms with E-state index in [1.165, 1.54) is 12.1 Å². The summed E-state index contributed by atoms with van der Waals surface area (Å²) in [6.45, 7) is 4.09. The van der Waals surface area contributed by atoms with Crippen molar-refractivity contribution in [1.82, 2.24) is 15.0 Å². The summed E-state index contributed by atoms with van der Waals surface area (Å²) in [6.07, 6.45) is 8.63. The topological polar surface area (TPSA) is 84.7 Å². The Morgan fingerprint density at radius 3 is 2.48 bits per heavy atom. The number of benzene rings is 2. The SMILES string of the molecule is CC(C)c1c(-c2cc(F)cc3[nH]ccc23)[nH]c(C(=O)O)c1-c1c2c(cc3[nH]ccc13)CC=C2. The molecule has 0 amide bonds. The highest BCUT2D eigenvalue weighted by Gasteiger charge is 2.30. The van der Waals surface area contributed by atoms with E-state index in [2.05, 4.69) is 33.2 Å². The van der Waals surface area contributed by atoms with Gasteiger partial charge in [0.15, 0.2) is 0 Å². The highest BCUT2D eigenvalue weighted by Crippen LogP contribution is 2.47. The summed E-state index contributed by atoms with van der Waals surface area (Å²) in [5.74, 6) is -1.42. The van der Waals surface area contributed by atoms with E-state index in [1.54, 1.807) is 6.20 Å². The number of fused-ring (bicyclic) bond motifs is 3. The van der Waals surface area contributed by atoms with Gasteiger partial charge in [0.1, 0.15) is 11.5 Å². The second kappa shape index (κ2) is 6.97. The maximum Gasteiger partial charge on any atom is 0.352 e. The lowest BCUT2D eigenvalue weighted by Crippen LogP contribution is -2.02. The Morgan fingerprint density at radius 2 is 1.76 bits per heavy atom. The van der Waals surface area contributed by atoms with Crippen LogP contribution in [0.15, 0.2) is 48.8 Å². The number of carboxylic acids is 1. The highest BCUT2D eigenvalue weighted by atomic mass is 19.1. The van der Waals surface area contributed by atoms with E-state index in [9.17, 15) is 14.3 Å². The van der Waals surface area contributed by atoms with E-state index in [-0.39, 0.29) is 17.4 Å². The van der Waals surface area contributed by atoms with Gasteiger partial charge in [0.2, 0.25) is 0 Å². The average Bonchev–Trinajstić information content (AvgIpc) is 3.55. The maximum absolute atomic E-state index is 14.6. The molecule has 0 fully saturated rings. The number of allylic oxidation sites excluding steroid dienone is 1. The fourth-order valence-electron chi connectivity index (χ4n) is 5.27. The molecule has 5 aromatic rings. The molecule has 1 aliphatic carbocycles. The van der Waals surface area contributed by atoms with Crippen molar-refractivity contribution in [2.75, 3.05) is 0 Å². The van der Waals surface area contributed by atoms with E-state index < -0.39 is 5.97 Å². The van der Waals surface area contributed by atoms with Gasteiger partial charge in [-0.25, -0.2) is 9.18 Å². The van der Waals surface area contributed by atoms with Crippen molar-refractivity contribution in [2.45, 2.75) is 26.2 Å². The third-order valence-electron chi connectivity index (χ3n) is 6.59. The van der Waals surface area contributed by atoms with E-state index >= 15 is 0 Å². The van der Waals surface area contributed by atoms with E-state index in [0.29, 0.717) is 22.3 Å². The smallest absolute Gasteiger partial charge is 0.352 e. The van der Waals surface area contributed by atoms with Crippen LogP contribution >= 0.6 is 0 Å². The molecule has 6 heteroatoms. The van der Waals surface area contributed by atoms with Crippen LogP contribution in [0.5, 0.6) is 0 Å². The molecule has 33 heavy (non-hydrogen) atoms. The third kappa shape index (κ3) is 2.80. The van der Waals surface area contributed by atoms with Crippen LogP contribution in [0.2, 0.25) is 0 Å². The van der Waals surface area contributed by atoms with Gasteiger partial charge < -0.3 is 20.1 Å². The van der Waals surface area contributed by atoms with Crippen LogP contribution in [0.1, 0.15) is 46.9 Å². The Labute approximate surface area is 189 Å². The number of nitrogens with one attached hydrogen (secondary N) is 3. The lowest BCUT2D eigenvalue weighted by atomic mass is 9.86. The zero-order valence-electron chi connectivity index (χ0n) is 18.2. The molecule has 0 spiro atoms. The molecule has 3 heterocycles. The number of carbonyl (C=O) groups is 1. The number of halogens is 1. The summed E-state index contributed by atoms with van der Waals surface area (Å²) >= 11 is 0. The van der Waals surface area contributed by atoms with Crippen molar-refractivity contribution >= 4 is 33.9 Å². The summed E-state index contributed by atoms with van der Waals surface area (Å²) < 4.78 is 14.6. The zero-order valence-corrected chi connectivity index (χ0v) is 18.2. The van der Waals surface area contributed by atoms with Crippen molar-refractivity contribution in [3.63, 3.8) is 0 Å². The predicted octanol–water partition coefficient (Wildman–Crippen LogP) is 6.84. The predicted molar refractivity (Wildman–Crippen MR) is 129 cm³/mol. The van der Waals surface area contributed by atoms with Crippen molar-refractivity contribution in [2.24, 2.45) is 0 Å². The summed E-state index contributed by atoms with van der Waals surface area (Å²) in [6, 6.07) is 8.94. The summed E-state index contributed by atoms with van der Waals surface area (Å²) in [5.41, 5.74) is 7.72. The average molecular weight is 439 g/mol. The molecule has 0 atom stereocenters. The Morgan fingerprint density at radius 1 is 1.03 bits per heavy atom. The number of aromatic amines is 3. The fraction of sp³-hybridized carbons (Fsp3) is 0.148. The Kier molecular flexibility index (Phi) is 4.14. The van der Waals surface area contributed by atoms with Gasteiger partial charge in [-0.05, 0) is 59.4 Å². The van der Waals surface area contributed by atoms with Gasteiger partial charge in [-0.15, -0.1) is 0 Å². The fourth-order valence-corrected chi connectivity index (χ4v) is 5.27. The molecule has 0 unspecified atom stereocenters. The number of H-pyrrole nitrogens is 3. The van der Waals surface area contributed by atoms with Gasteiger partial charge >= 0.3 is 5.97 Å². The van der Waals surface area contributed by atoms with Gasteiger partial charge in [0.25, 0.3) is 0 Å². The molecule has 0 radical (unpaired) electrons. The van der Waals surface area contributed by atoms with E-state index in [1.807, 2.05) is 32.2 Å². The second-order valence-electron chi connectivity index (χ2n) is 8.89. The monoisotopic (exact) mass is 439 g/mol. The highest BCUT2D eigenvalue weighted by molar-refractivity contribution is 6.09. The number of hydrogen-bond acceptors (Lipinski definition) is 1. The van der Waals surface area contributed by atoms with Crippen LogP contribution in [0.25, 0.3) is 50.3 Å². The van der Waals surface area contributed by atoms with E-state index in [0.717, 1.165) is 45.0 Å². The van der Waals surface area contributed by atoms with E-state index in [4.69, 9.17) is 0 Å². The van der Waals surface area contributed by atoms with Gasteiger partial charge in [0, 0.05) is 50.9 Å². The zero-order chi connectivity index (χ0) is 22.9. The first-order chi connectivity index (χ1) is 15.9. The molecule has 0 saturated heterocycles. The quantitative estimate of drug-likeness (QED) is 0.247. The van der Waals surface area contributed by atoms with Gasteiger partial charge in [-0.1, -0.05) is 26.0 Å². The molecule has 6 rings (SSSR count). The van der Waals surface area contributed by atoms with Crippen molar-refractivity contribution in [1.29, 1.82) is 0 Å². The molecule has 2 aromatic carbocycles. The first-order valence-corrected chi connectivity index (χ1v) is 11.0. The summed E-state index contributed by atoms with van der Waals surface area (Å²) in [4.78, 5) is 22.1. The molecule has 0 saturated carbocycles. The van der Waals surface area contributed by atoms with Crippen LogP contribution in [-0.2, 0) is 6.42 Å². The molecule has 164 valence electrons. The van der Waals surface area contributed by atoms with Crippen molar-refractivity contribution in [3.8, 4) is 22.4 Å². The standard InChI is InChI=1S/C27H22FN3O2/c1-13(2)22-24(23-16-5-3-4-14(16)10-20-18(23)7-9-29-20)26(27(32)33)31-25(22)19-11-15(28)12-21-17(19)6-8-30-21/h3,5-13,29-31H,4H2,1-2H3,(H,32,33). The van der Waals surface area contributed by atoms with Crippen LogP contribution in [0, 0.1) is 5.82 Å². The van der Waals surface area contributed by atoms with Crippen LogP contribution in [0.4, 0.5) is 4.39 Å². The molecular weight excluding hydrogens is 417 g/mol. The molecule has 4 N–H and O–H groups in total. The third-order valence-corrected chi connectivity index (χ3v) is 6.59. The largest absolute Gasteiger partial charge is 0.477 e. The minimum atomic E-state index is -1.04. The lowest BCUT2D eigenvalue weighted by molar-refractivity contribution is 0.0692. The Hall–Kier alpha value is -4.06. The summed E-state index contributed by atoms with van der Waals surface area (Å²) in [7, 11) is 0. The molecule has 3 aromatic heterocycles. The van der Waals surface area contributed by atoms with Crippen LogP contribution < -0.4 is 0 Å². The van der Waals surface area contributed by atoms with Crippen LogP contribution in [-0.4, -0.2) is 26.0 Å². The number of carboxylic acid groups (broad SMARTS) is 1. The van der Waals surface area contributed by atoms with Gasteiger partial charge in [0.05, 0.1) is 5.69 Å². The minimum absolute atomic E-state index is 0.00756. The number of hydrogen-bond donors (Lipinski definition) is 4. The molecule has 5 nitrogen and oxygen atoms in total. The number of aromatic nitrogens is 3. The Bertz CT molecular complexity index is 1610. The van der Waals surface area contributed by atoms with Gasteiger partial charge in [-0.2, -0.15) is 0 Å². The molecule has 1 aliphatic rings. The molecular formula is C27H22FN3O2. The van der Waals surface area contributed by atoms with Crippen LogP contribution in [0.3, 0.4) is 0 Å². The van der Waals surface area contributed by atoms with Crippen molar-refractivity contribution < 1.29 is 14.3 Å². The molecule has 0 bridgehead atoms. The molecule has 0 aliphatic heterocycles. The number of rotatable bonds is 4. The first kappa shape index (κ1) is 19.6. The normalized spacial score (nSPS) is 13.0.